The fourth-order valence-electron chi connectivity index (χ4n) is 2.15. The third-order valence-corrected chi connectivity index (χ3v) is 3.10. The molecule has 3 nitrogen and oxygen atoms in total. The van der Waals surface area contributed by atoms with Crippen molar-refractivity contribution in [3.05, 3.63) is 59.4 Å². The molecule has 3 rings (SSSR count). The van der Waals surface area contributed by atoms with Gasteiger partial charge in [0, 0.05) is 30.8 Å². The second-order valence-electron chi connectivity index (χ2n) is 4.38. The van der Waals surface area contributed by atoms with E-state index in [4.69, 9.17) is 4.74 Å². The number of rotatable bonds is 3. The van der Waals surface area contributed by atoms with Gasteiger partial charge in [0.25, 0.3) is 0 Å². The van der Waals surface area contributed by atoms with E-state index in [1.54, 1.807) is 12.4 Å². The number of ether oxygens (including phenoxy) is 1. The van der Waals surface area contributed by atoms with Crippen LogP contribution in [0.4, 0.5) is 0 Å². The van der Waals surface area contributed by atoms with Crippen LogP contribution in [0.25, 0.3) is 0 Å². The minimum absolute atomic E-state index is 0.123. The summed E-state index contributed by atoms with van der Waals surface area (Å²) in [5.41, 5.74) is 2.83. The number of hydrogen-bond donors (Lipinski definition) is 0. The lowest BCUT2D eigenvalue weighted by molar-refractivity contribution is 0.0993. The number of benzene rings is 1. The number of fused-ring (bicyclic) bond motifs is 1. The van der Waals surface area contributed by atoms with Crippen molar-refractivity contribution in [1.29, 1.82) is 0 Å². The summed E-state index contributed by atoms with van der Waals surface area (Å²) in [7, 11) is 0. The molecule has 1 aromatic heterocycles. The Morgan fingerprint density at radius 2 is 2.28 bits per heavy atom. The molecule has 0 unspecified atom stereocenters. The molecule has 90 valence electrons. The highest BCUT2D eigenvalue weighted by molar-refractivity contribution is 5.97. The highest BCUT2D eigenvalue weighted by Crippen LogP contribution is 2.26. The van der Waals surface area contributed by atoms with Gasteiger partial charge in [0.2, 0.25) is 0 Å². The van der Waals surface area contributed by atoms with Crippen LogP contribution in [0.1, 0.15) is 21.5 Å². The van der Waals surface area contributed by atoms with Gasteiger partial charge >= 0.3 is 0 Å². The molecule has 0 radical (unpaired) electrons. The van der Waals surface area contributed by atoms with Gasteiger partial charge in [-0.05, 0) is 35.4 Å². The second kappa shape index (κ2) is 4.61. The van der Waals surface area contributed by atoms with Crippen molar-refractivity contribution in [1.82, 2.24) is 4.98 Å². The lowest BCUT2D eigenvalue weighted by atomic mass is 10.0. The van der Waals surface area contributed by atoms with E-state index >= 15 is 0 Å². The minimum Gasteiger partial charge on any atom is -0.493 e. The van der Waals surface area contributed by atoms with Gasteiger partial charge < -0.3 is 4.74 Å². The number of carbonyl (C=O) groups is 1. The van der Waals surface area contributed by atoms with Gasteiger partial charge in [-0.25, -0.2) is 0 Å². The summed E-state index contributed by atoms with van der Waals surface area (Å²) in [6, 6.07) is 9.43. The maximum absolute atomic E-state index is 12.1. The molecule has 0 atom stereocenters. The van der Waals surface area contributed by atoms with Crippen molar-refractivity contribution in [3.8, 4) is 5.75 Å². The van der Waals surface area contributed by atoms with Gasteiger partial charge in [-0.15, -0.1) is 0 Å². The average Bonchev–Trinajstić information content (AvgIpc) is 2.87. The van der Waals surface area contributed by atoms with Gasteiger partial charge in [0.1, 0.15) is 5.75 Å². The minimum atomic E-state index is 0.123. The van der Waals surface area contributed by atoms with E-state index in [1.807, 2.05) is 30.3 Å². The Balaban J connectivity index is 1.81. The van der Waals surface area contributed by atoms with Gasteiger partial charge in [-0.1, -0.05) is 6.07 Å². The predicted molar refractivity (Wildman–Crippen MR) is 67.9 cm³/mol. The van der Waals surface area contributed by atoms with Gasteiger partial charge in [0.15, 0.2) is 5.78 Å². The standard InChI is InChI=1S/C15H13NO2/c17-14(8-11-2-1-6-16-10-11)12-3-4-15-13(9-12)5-7-18-15/h1-4,6,9-10H,5,7-8H2. The summed E-state index contributed by atoms with van der Waals surface area (Å²) in [4.78, 5) is 16.2. The van der Waals surface area contributed by atoms with Crippen LogP contribution in [-0.4, -0.2) is 17.4 Å². The second-order valence-corrected chi connectivity index (χ2v) is 4.38. The number of hydrogen-bond acceptors (Lipinski definition) is 3. The van der Waals surface area contributed by atoms with Crippen LogP contribution in [-0.2, 0) is 12.8 Å². The zero-order chi connectivity index (χ0) is 12.4. The first-order valence-corrected chi connectivity index (χ1v) is 6.01. The molecular formula is C15H13NO2. The molecular weight excluding hydrogens is 226 g/mol. The van der Waals surface area contributed by atoms with Crippen molar-refractivity contribution in [2.24, 2.45) is 0 Å². The van der Waals surface area contributed by atoms with Crippen molar-refractivity contribution in [2.75, 3.05) is 6.61 Å². The summed E-state index contributed by atoms with van der Waals surface area (Å²) in [5, 5.41) is 0. The van der Waals surface area contributed by atoms with E-state index < -0.39 is 0 Å². The lowest BCUT2D eigenvalue weighted by Gasteiger charge is -2.03. The van der Waals surface area contributed by atoms with Gasteiger partial charge in [0.05, 0.1) is 6.61 Å². The normalized spacial score (nSPS) is 12.9. The molecule has 3 heteroatoms. The number of nitrogens with zero attached hydrogens (tertiary/aromatic N) is 1. The van der Waals surface area contributed by atoms with Crippen LogP contribution in [0.15, 0.2) is 42.7 Å². The molecule has 1 aliphatic rings. The molecule has 2 aromatic rings. The molecule has 0 saturated carbocycles. The van der Waals surface area contributed by atoms with Crippen molar-refractivity contribution in [3.63, 3.8) is 0 Å². The third kappa shape index (κ3) is 2.12. The fraction of sp³-hybridized carbons (Fsp3) is 0.200. The largest absolute Gasteiger partial charge is 0.493 e. The average molecular weight is 239 g/mol. The molecule has 0 aliphatic carbocycles. The predicted octanol–water partition coefficient (Wildman–Crippen LogP) is 2.44. The summed E-state index contributed by atoms with van der Waals surface area (Å²) >= 11 is 0. The summed E-state index contributed by atoms with van der Waals surface area (Å²) < 4.78 is 5.43. The number of Topliss-reactive ketones (excluding diaryl/α,β-unsaturated/α-hetero) is 1. The molecule has 2 heterocycles. The maximum atomic E-state index is 12.1. The van der Waals surface area contributed by atoms with Crippen LogP contribution >= 0.6 is 0 Å². The highest BCUT2D eigenvalue weighted by Gasteiger charge is 2.15. The summed E-state index contributed by atoms with van der Waals surface area (Å²) in [6.45, 7) is 0.718. The topological polar surface area (TPSA) is 39.2 Å². The lowest BCUT2D eigenvalue weighted by Crippen LogP contribution is -2.04. The van der Waals surface area contributed by atoms with E-state index in [9.17, 15) is 4.79 Å². The number of aromatic nitrogens is 1. The van der Waals surface area contributed by atoms with E-state index in [-0.39, 0.29) is 5.78 Å². The molecule has 0 N–H and O–H groups in total. The number of ketones is 1. The molecule has 0 spiro atoms. The monoisotopic (exact) mass is 239 g/mol. The van der Waals surface area contributed by atoms with Crippen LogP contribution in [0.2, 0.25) is 0 Å². The molecule has 1 aliphatic heterocycles. The Morgan fingerprint density at radius 3 is 3.11 bits per heavy atom. The van der Waals surface area contributed by atoms with Crippen LogP contribution in [0.3, 0.4) is 0 Å². The summed E-state index contributed by atoms with van der Waals surface area (Å²) in [6.07, 6.45) is 4.73. The molecule has 0 fully saturated rings. The Bertz CT molecular complexity index is 578. The van der Waals surface area contributed by atoms with E-state index in [1.165, 1.54) is 0 Å². The Labute approximate surface area is 105 Å². The zero-order valence-electron chi connectivity index (χ0n) is 9.93. The quantitative estimate of drug-likeness (QED) is 0.772. The molecule has 0 bridgehead atoms. The zero-order valence-corrected chi connectivity index (χ0v) is 9.93. The van der Waals surface area contributed by atoms with Crippen molar-refractivity contribution in [2.45, 2.75) is 12.8 Å². The fourth-order valence-corrected chi connectivity index (χ4v) is 2.15. The maximum Gasteiger partial charge on any atom is 0.167 e. The van der Waals surface area contributed by atoms with E-state index in [0.717, 1.165) is 35.5 Å². The smallest absolute Gasteiger partial charge is 0.167 e. The van der Waals surface area contributed by atoms with Crippen LogP contribution in [0, 0.1) is 0 Å². The molecule has 18 heavy (non-hydrogen) atoms. The van der Waals surface area contributed by atoms with Crippen LogP contribution in [0.5, 0.6) is 5.75 Å². The van der Waals surface area contributed by atoms with Crippen molar-refractivity contribution >= 4 is 5.78 Å². The van der Waals surface area contributed by atoms with Gasteiger partial charge in [-0.2, -0.15) is 0 Å². The summed E-state index contributed by atoms with van der Waals surface area (Å²) in [5.74, 6) is 1.03. The van der Waals surface area contributed by atoms with Crippen molar-refractivity contribution < 1.29 is 9.53 Å². The SMILES string of the molecule is O=C(Cc1cccnc1)c1ccc2c(c1)CCO2. The first-order chi connectivity index (χ1) is 8.83. The Hall–Kier alpha value is -2.16. The number of carbonyl (C=O) groups excluding carboxylic acids is 1. The first kappa shape index (κ1) is 11.0. The first-order valence-electron chi connectivity index (χ1n) is 6.01. The van der Waals surface area contributed by atoms with Crippen LogP contribution < -0.4 is 4.74 Å². The highest BCUT2D eigenvalue weighted by atomic mass is 16.5. The number of pyridine rings is 1. The van der Waals surface area contributed by atoms with Gasteiger partial charge in [-0.3, -0.25) is 9.78 Å². The van der Waals surface area contributed by atoms with E-state index in [0.29, 0.717) is 6.42 Å². The molecule has 0 amide bonds. The Kier molecular flexibility index (Phi) is 2.81. The Morgan fingerprint density at radius 1 is 1.33 bits per heavy atom. The van der Waals surface area contributed by atoms with E-state index in [2.05, 4.69) is 4.98 Å². The molecule has 0 saturated heterocycles. The molecule has 1 aromatic carbocycles. The third-order valence-electron chi connectivity index (χ3n) is 3.10.